The fourth-order valence-corrected chi connectivity index (χ4v) is 18.2. The summed E-state index contributed by atoms with van der Waals surface area (Å²) in [5.41, 5.74) is 2.76. The SMILES string of the molecule is CC(C)c1cc(S(=O)(=O)Nc2cc(Cl)cnc2C(=O)c2ccnc3[nH]ccc23)ccc1Cl.COc1cn(O)c2nccc-2c1C(=O)c1ncc(C)cc1NS(=O)(=O)c1ccc(C)c(C(F)(F)F)c1.Cc1ccc(S(=O)(=O)Nc2cc(Cl)cnc2C(=O)c2ccnc3[nH]ccc23)cc1F.Cc1cnc(C(=O)c2ccnc3[nH]ccc23)c(NS(=O)(=O)c2ccc(Cl)c(Cl)c2)c1. The van der Waals surface area contributed by atoms with E-state index < -0.39 is 85.7 Å². The van der Waals surface area contributed by atoms with Gasteiger partial charge in [0, 0.05) is 112 Å². The summed E-state index contributed by atoms with van der Waals surface area (Å²) in [6.07, 6.45) is 12.5. The molecule has 0 atom stereocenters. The van der Waals surface area contributed by atoms with Crippen molar-refractivity contribution in [2.24, 2.45) is 0 Å². The molecule has 43 heteroatoms. The molecule has 0 amide bonds. The van der Waals surface area contributed by atoms with Crippen LogP contribution in [-0.2, 0) is 46.3 Å². The van der Waals surface area contributed by atoms with Crippen LogP contribution in [0.1, 0.15) is 117 Å². The highest BCUT2D eigenvalue weighted by molar-refractivity contribution is 7.93. The molecule has 0 radical (unpaired) electrons. The second-order valence-corrected chi connectivity index (χ2v) is 37.2. The first-order valence-corrected chi connectivity index (χ1v) is 45.1. The fourth-order valence-electron chi connectivity index (χ4n) is 12.9. The number of pyridine rings is 8. The van der Waals surface area contributed by atoms with Crippen molar-refractivity contribution in [3.63, 3.8) is 0 Å². The van der Waals surface area contributed by atoms with E-state index in [4.69, 9.17) is 62.7 Å². The van der Waals surface area contributed by atoms with E-state index in [2.05, 4.69) is 73.7 Å². The molecule has 656 valence electrons. The van der Waals surface area contributed by atoms with E-state index in [9.17, 15) is 75.6 Å². The van der Waals surface area contributed by atoms with E-state index in [1.807, 2.05) is 13.8 Å². The van der Waals surface area contributed by atoms with E-state index in [1.165, 1.54) is 149 Å². The molecule has 4 aromatic carbocycles. The third-order valence-electron chi connectivity index (χ3n) is 19.2. The first-order chi connectivity index (χ1) is 60.5. The number of alkyl halides is 3. The Morgan fingerprint density at radius 1 is 0.445 bits per heavy atom. The second-order valence-electron chi connectivity index (χ2n) is 28.3. The zero-order chi connectivity index (χ0) is 92.4. The number of nitrogens with one attached hydrogen (secondary N) is 7. The highest BCUT2D eigenvalue weighted by atomic mass is 35.5. The van der Waals surface area contributed by atoms with Crippen LogP contribution in [0.15, 0.2) is 233 Å². The molecule has 0 unspecified atom stereocenters. The van der Waals surface area contributed by atoms with E-state index in [1.54, 1.807) is 68.8 Å². The van der Waals surface area contributed by atoms with Gasteiger partial charge in [-0.25, -0.2) is 68.0 Å². The summed E-state index contributed by atoms with van der Waals surface area (Å²) < 4.78 is 173. The van der Waals surface area contributed by atoms with Gasteiger partial charge in [0.1, 0.15) is 45.5 Å². The number of aryl methyl sites for hydroxylation is 4. The van der Waals surface area contributed by atoms with Gasteiger partial charge in [-0.15, -0.1) is 0 Å². The Hall–Kier alpha value is -13.3. The number of rotatable bonds is 22. The first kappa shape index (κ1) is 92.4. The van der Waals surface area contributed by atoms with Crippen LogP contribution in [-0.4, -0.2) is 129 Å². The third-order valence-corrected chi connectivity index (χ3v) is 26.1. The van der Waals surface area contributed by atoms with Crippen LogP contribution < -0.4 is 23.6 Å². The molecule has 128 heavy (non-hydrogen) atoms. The van der Waals surface area contributed by atoms with Gasteiger partial charge in [0.25, 0.3) is 40.1 Å². The number of anilines is 4. The number of sulfonamides is 4. The number of H-pyrrole nitrogens is 3. The summed E-state index contributed by atoms with van der Waals surface area (Å²) in [6, 6.07) is 31.3. The Bertz CT molecular complexity index is 7380. The Kier molecular flexibility index (Phi) is 26.9. The molecule has 10 aromatic heterocycles. The smallest absolute Gasteiger partial charge is 0.416 e. The number of hydrogen-bond acceptors (Lipinski definition) is 22. The van der Waals surface area contributed by atoms with Crippen molar-refractivity contribution in [2.75, 3.05) is 26.0 Å². The monoisotopic (exact) mass is 1910 g/mol. The molecule has 14 aromatic rings. The summed E-state index contributed by atoms with van der Waals surface area (Å²) in [5, 5.41) is 13.0. The highest BCUT2D eigenvalue weighted by Crippen LogP contribution is 2.39. The van der Waals surface area contributed by atoms with Crippen molar-refractivity contribution in [1.82, 2.24) is 59.6 Å². The average molecular weight is 1920 g/mol. The van der Waals surface area contributed by atoms with Gasteiger partial charge in [-0.1, -0.05) is 84.0 Å². The highest BCUT2D eigenvalue weighted by Gasteiger charge is 2.36. The molecule has 2 aliphatic rings. The number of methoxy groups -OCH3 is 1. The minimum atomic E-state index is -4.76. The molecule has 0 saturated heterocycles. The van der Waals surface area contributed by atoms with Crippen molar-refractivity contribution in [3.05, 3.63) is 323 Å². The molecule has 12 heterocycles. The van der Waals surface area contributed by atoms with Crippen LogP contribution in [0.3, 0.4) is 0 Å². The second kappa shape index (κ2) is 37.3. The maximum absolute atomic E-state index is 13.9. The van der Waals surface area contributed by atoms with E-state index in [-0.39, 0.29) is 120 Å². The lowest BCUT2D eigenvalue weighted by molar-refractivity contribution is -0.138. The number of aromatic nitrogens is 12. The van der Waals surface area contributed by atoms with Crippen molar-refractivity contribution in [3.8, 4) is 17.1 Å². The lowest BCUT2D eigenvalue weighted by Crippen LogP contribution is -2.19. The van der Waals surface area contributed by atoms with E-state index >= 15 is 0 Å². The average Bonchev–Trinajstić information content (AvgIpc) is 1.48. The molecule has 0 saturated carbocycles. The van der Waals surface area contributed by atoms with Crippen LogP contribution in [0.25, 0.3) is 44.5 Å². The zero-order valence-electron chi connectivity index (χ0n) is 67.1. The molecular formula is C85H65Cl5F4N16O14S4. The lowest BCUT2D eigenvalue weighted by Gasteiger charge is -2.17. The van der Waals surface area contributed by atoms with Crippen LogP contribution in [0, 0.1) is 33.5 Å². The summed E-state index contributed by atoms with van der Waals surface area (Å²) in [7, 11) is -15.6. The van der Waals surface area contributed by atoms with Crippen molar-refractivity contribution in [2.45, 2.75) is 73.2 Å². The van der Waals surface area contributed by atoms with Crippen molar-refractivity contribution in [1.29, 1.82) is 0 Å². The van der Waals surface area contributed by atoms with Crippen LogP contribution in [0.4, 0.5) is 40.3 Å². The minimum Gasteiger partial charge on any atom is -0.494 e. The van der Waals surface area contributed by atoms with Crippen LogP contribution >= 0.6 is 58.0 Å². The number of carbonyl (C=O) groups is 4. The maximum Gasteiger partial charge on any atom is 0.416 e. The van der Waals surface area contributed by atoms with Crippen LogP contribution in [0.5, 0.6) is 5.75 Å². The van der Waals surface area contributed by atoms with Crippen molar-refractivity contribution >= 4 is 177 Å². The van der Waals surface area contributed by atoms with Gasteiger partial charge < -0.3 is 24.9 Å². The summed E-state index contributed by atoms with van der Waals surface area (Å²) in [6.45, 7) is 9.92. The number of ketones is 4. The molecule has 0 aliphatic carbocycles. The summed E-state index contributed by atoms with van der Waals surface area (Å²) in [5.74, 6) is -2.81. The number of fused-ring (bicyclic) bond motifs is 4. The quantitative estimate of drug-likeness (QED) is 0.0177. The number of carbonyl (C=O) groups excluding carboxylic acids is 4. The number of aromatic amines is 3. The summed E-state index contributed by atoms with van der Waals surface area (Å²) >= 11 is 30.1. The Labute approximate surface area is 751 Å². The molecule has 0 bridgehead atoms. The van der Waals surface area contributed by atoms with Gasteiger partial charge >= 0.3 is 6.18 Å². The van der Waals surface area contributed by atoms with E-state index in [0.717, 1.165) is 24.4 Å². The molecule has 30 nitrogen and oxygen atoms in total. The van der Waals surface area contributed by atoms with Gasteiger partial charge in [-0.3, -0.25) is 48.0 Å². The largest absolute Gasteiger partial charge is 0.494 e. The minimum absolute atomic E-state index is 0.0147. The zero-order valence-corrected chi connectivity index (χ0v) is 74.1. The number of hydrogen-bond donors (Lipinski definition) is 8. The van der Waals surface area contributed by atoms with Gasteiger partial charge in [0.2, 0.25) is 23.1 Å². The fraction of sp³-hybridized carbons (Fsp3) is 0.106. The standard InChI is InChI=1S/C23H19F3N4O5S.C22H18Cl2N4O3S.C20H14Cl2N4O3S.C20H14ClFN4O3S/c1-12-8-17(29-36(33,34)14-5-4-13(2)16(9-14)23(24,25)26)20(28-10-12)21(31)19-15-6-7-27-22(15)30(32)11-18(19)35-3;1-12(2)17-10-14(3-4-18(17)24)32(30,31)28-19-9-13(23)11-27-20(19)21(29)15-5-7-25-22-16(15)6-8-26-22;1-11-8-17(26-30(28,29)12-2-3-15(21)16(22)9-12)18(25-10-11)19(27)13-4-6-23-20-14(13)5-7-24-20;1-11-2-3-13(9-16(11)22)30(28,29)26-17-8-12(21)10-25-18(17)19(27)14-4-6-23-20-15(14)5-7-24-20/h4-11,29,32H,1-3H3;3-12,28H,1-2H3,(H,25,26);2*2-10,26H,1H3,(H,23,24). The first-order valence-electron chi connectivity index (χ1n) is 37.3. The Morgan fingerprint density at radius 2 is 0.828 bits per heavy atom. The molecular weight excluding hydrogens is 1850 g/mol. The van der Waals surface area contributed by atoms with Crippen molar-refractivity contribution < 1.29 is 80.4 Å². The van der Waals surface area contributed by atoms with Gasteiger partial charge in [0.05, 0.1) is 86.9 Å². The van der Waals surface area contributed by atoms with E-state index in [0.29, 0.717) is 82.3 Å². The maximum atomic E-state index is 13.9. The molecule has 2 aliphatic heterocycles. The Morgan fingerprint density at radius 3 is 1.25 bits per heavy atom. The normalized spacial score (nSPS) is 11.8. The number of benzene rings is 4. The molecule has 8 N–H and O–H groups in total. The molecule has 0 spiro atoms. The number of halogens is 9. The summed E-state index contributed by atoms with van der Waals surface area (Å²) in [4.78, 5) is 94.0. The number of ether oxygens (including phenoxy) is 1. The van der Waals surface area contributed by atoms with Gasteiger partial charge in [0.15, 0.2) is 11.6 Å². The number of nitrogens with zero attached hydrogens (tertiary/aromatic N) is 9. The third kappa shape index (κ3) is 20.1. The topological polar surface area (TPSA) is 438 Å². The lowest BCUT2D eigenvalue weighted by atomic mass is 10.0. The molecule has 16 rings (SSSR count). The predicted octanol–water partition coefficient (Wildman–Crippen LogP) is 18.4. The van der Waals surface area contributed by atoms with Gasteiger partial charge in [-0.2, -0.15) is 17.9 Å². The van der Waals surface area contributed by atoms with Crippen LogP contribution in [0.2, 0.25) is 25.1 Å². The predicted molar refractivity (Wildman–Crippen MR) is 474 cm³/mol. The molecule has 0 fully saturated rings. The Balaban J connectivity index is 0.000000146. The van der Waals surface area contributed by atoms with Gasteiger partial charge in [-0.05, 0) is 189 Å².